The van der Waals surface area contributed by atoms with E-state index in [1.165, 1.54) is 5.56 Å². The summed E-state index contributed by atoms with van der Waals surface area (Å²) in [5, 5.41) is 13.4. The van der Waals surface area contributed by atoms with Crippen LogP contribution in [0, 0.1) is 6.92 Å². The normalized spacial score (nSPS) is 11.9. The van der Waals surface area contributed by atoms with Crippen LogP contribution in [-0.2, 0) is 13.6 Å². The second-order valence-corrected chi connectivity index (χ2v) is 7.49. The van der Waals surface area contributed by atoms with Crippen LogP contribution in [0.3, 0.4) is 0 Å². The molecule has 0 spiro atoms. The molecule has 0 fully saturated rings. The van der Waals surface area contributed by atoms with Crippen molar-refractivity contribution in [3.63, 3.8) is 0 Å². The van der Waals surface area contributed by atoms with Crippen molar-refractivity contribution in [2.45, 2.75) is 49.8 Å². The van der Waals surface area contributed by atoms with E-state index >= 15 is 0 Å². The minimum absolute atomic E-state index is 0.0611. The first kappa shape index (κ1) is 16.3. The van der Waals surface area contributed by atoms with Crippen LogP contribution in [0.15, 0.2) is 28.3 Å². The quantitative estimate of drug-likeness (QED) is 0.928. The molecule has 21 heavy (non-hydrogen) atoms. The zero-order chi connectivity index (χ0) is 15.6. The largest absolute Gasteiger partial charge is 0.309 e. The number of hydrogen-bond donors (Lipinski definition) is 1. The van der Waals surface area contributed by atoms with Gasteiger partial charge in [-0.05, 0) is 63.2 Å². The molecule has 0 radical (unpaired) electrons. The van der Waals surface area contributed by atoms with Crippen LogP contribution in [-0.4, -0.2) is 20.3 Å². The summed E-state index contributed by atoms with van der Waals surface area (Å²) in [7, 11) is 1.97. The molecule has 4 nitrogen and oxygen atoms in total. The molecule has 6 heteroatoms. The summed E-state index contributed by atoms with van der Waals surface area (Å²) in [6.07, 6.45) is 0. The fourth-order valence-electron chi connectivity index (χ4n) is 1.72. The number of hydrogen-bond acceptors (Lipinski definition) is 4. The lowest BCUT2D eigenvalue weighted by Crippen LogP contribution is -2.35. The van der Waals surface area contributed by atoms with E-state index in [-0.39, 0.29) is 5.54 Å². The van der Waals surface area contributed by atoms with Gasteiger partial charge in [0.25, 0.3) is 0 Å². The van der Waals surface area contributed by atoms with Gasteiger partial charge < -0.3 is 9.88 Å². The molecule has 1 aromatic heterocycles. The van der Waals surface area contributed by atoms with Gasteiger partial charge in [0, 0.05) is 29.0 Å². The summed E-state index contributed by atoms with van der Waals surface area (Å²) in [5.41, 5.74) is 1.23. The highest BCUT2D eigenvalue weighted by Crippen LogP contribution is 2.31. The highest BCUT2D eigenvalue weighted by molar-refractivity contribution is 7.99. The van der Waals surface area contributed by atoms with Crippen LogP contribution in [0.5, 0.6) is 0 Å². The van der Waals surface area contributed by atoms with E-state index in [9.17, 15) is 0 Å². The highest BCUT2D eigenvalue weighted by Gasteiger charge is 2.14. The lowest BCUT2D eigenvalue weighted by molar-refractivity contribution is 0.422. The number of rotatable bonds is 4. The topological polar surface area (TPSA) is 42.7 Å². The van der Waals surface area contributed by atoms with E-state index in [2.05, 4.69) is 36.3 Å². The van der Waals surface area contributed by atoms with Crippen molar-refractivity contribution in [1.82, 2.24) is 20.1 Å². The Labute approximate surface area is 135 Å². The average molecular weight is 325 g/mol. The molecule has 0 saturated heterocycles. The van der Waals surface area contributed by atoms with Gasteiger partial charge in [-0.15, -0.1) is 10.2 Å². The Morgan fingerprint density at radius 1 is 1.29 bits per heavy atom. The van der Waals surface area contributed by atoms with Crippen molar-refractivity contribution in [2.75, 3.05) is 0 Å². The Morgan fingerprint density at radius 3 is 2.57 bits per heavy atom. The van der Waals surface area contributed by atoms with E-state index in [1.807, 2.05) is 36.7 Å². The van der Waals surface area contributed by atoms with Crippen LogP contribution in [0.25, 0.3) is 0 Å². The minimum atomic E-state index is 0.0611. The first-order valence-corrected chi connectivity index (χ1v) is 8.03. The summed E-state index contributed by atoms with van der Waals surface area (Å²) in [6, 6.07) is 5.95. The third-order valence-electron chi connectivity index (χ3n) is 3.09. The minimum Gasteiger partial charge on any atom is -0.309 e. The molecule has 1 aromatic carbocycles. The van der Waals surface area contributed by atoms with Crippen molar-refractivity contribution < 1.29 is 0 Å². The molecular weight excluding hydrogens is 304 g/mol. The molecule has 1 heterocycles. The van der Waals surface area contributed by atoms with E-state index < -0.39 is 0 Å². The second kappa shape index (κ2) is 6.38. The molecule has 0 aliphatic rings. The number of nitrogens with zero attached hydrogens (tertiary/aromatic N) is 3. The number of nitrogens with one attached hydrogen (secondary N) is 1. The van der Waals surface area contributed by atoms with E-state index in [0.29, 0.717) is 0 Å². The maximum Gasteiger partial charge on any atom is 0.195 e. The SMILES string of the molecule is Cc1nnc(Sc2ccc(Cl)cc2CNC(C)(C)C)n1C. The Morgan fingerprint density at radius 2 is 2.00 bits per heavy atom. The predicted molar refractivity (Wildman–Crippen MR) is 87.9 cm³/mol. The van der Waals surface area contributed by atoms with Crippen LogP contribution >= 0.6 is 23.4 Å². The third kappa shape index (κ3) is 4.46. The summed E-state index contributed by atoms with van der Waals surface area (Å²) < 4.78 is 1.99. The zero-order valence-electron chi connectivity index (χ0n) is 13.1. The van der Waals surface area contributed by atoms with Gasteiger partial charge in [-0.2, -0.15) is 0 Å². The van der Waals surface area contributed by atoms with Crippen LogP contribution in [0.4, 0.5) is 0 Å². The molecule has 1 N–H and O–H groups in total. The number of aryl methyl sites for hydroxylation is 1. The summed E-state index contributed by atoms with van der Waals surface area (Å²) in [4.78, 5) is 1.15. The van der Waals surface area contributed by atoms with Crippen molar-refractivity contribution >= 4 is 23.4 Å². The molecule has 0 aliphatic carbocycles. The molecule has 0 saturated carbocycles. The molecule has 114 valence electrons. The molecule has 0 amide bonds. The molecule has 0 atom stereocenters. The van der Waals surface area contributed by atoms with Crippen molar-refractivity contribution in [3.05, 3.63) is 34.6 Å². The maximum atomic E-state index is 6.13. The van der Waals surface area contributed by atoms with Crippen LogP contribution < -0.4 is 5.32 Å². The smallest absolute Gasteiger partial charge is 0.195 e. The Bertz CT molecular complexity index is 631. The standard InChI is InChI=1S/C15H21ClN4S/c1-10-18-19-14(20(10)5)21-13-7-6-12(16)8-11(13)9-17-15(2,3)4/h6-8,17H,9H2,1-5H3. The summed E-state index contributed by atoms with van der Waals surface area (Å²) in [6.45, 7) is 9.16. The van der Waals surface area contributed by atoms with E-state index in [1.54, 1.807) is 11.8 Å². The highest BCUT2D eigenvalue weighted by atomic mass is 35.5. The van der Waals surface area contributed by atoms with Gasteiger partial charge in [-0.1, -0.05) is 11.6 Å². The molecule has 2 rings (SSSR count). The maximum absolute atomic E-state index is 6.13. The van der Waals surface area contributed by atoms with E-state index in [0.717, 1.165) is 27.4 Å². The Balaban J connectivity index is 2.24. The molecule has 2 aromatic rings. The Hall–Kier alpha value is -1.04. The zero-order valence-corrected chi connectivity index (χ0v) is 14.6. The number of aromatic nitrogens is 3. The monoisotopic (exact) mass is 324 g/mol. The summed E-state index contributed by atoms with van der Waals surface area (Å²) >= 11 is 7.75. The summed E-state index contributed by atoms with van der Waals surface area (Å²) in [5.74, 6) is 0.904. The molecular formula is C15H21ClN4S. The van der Waals surface area contributed by atoms with Gasteiger partial charge in [0.05, 0.1) is 0 Å². The first-order valence-electron chi connectivity index (χ1n) is 6.83. The Kier molecular flexibility index (Phi) is 4.96. The van der Waals surface area contributed by atoms with Gasteiger partial charge in [0.1, 0.15) is 5.82 Å². The molecule has 0 unspecified atom stereocenters. The van der Waals surface area contributed by atoms with Crippen LogP contribution in [0.2, 0.25) is 5.02 Å². The van der Waals surface area contributed by atoms with Gasteiger partial charge in [0.15, 0.2) is 5.16 Å². The van der Waals surface area contributed by atoms with E-state index in [4.69, 9.17) is 11.6 Å². The third-order valence-corrected chi connectivity index (χ3v) is 4.48. The van der Waals surface area contributed by atoms with Gasteiger partial charge in [-0.25, -0.2) is 0 Å². The predicted octanol–water partition coefficient (Wildman–Crippen LogP) is 3.82. The molecule has 0 aliphatic heterocycles. The van der Waals surface area contributed by atoms with Gasteiger partial charge in [-0.3, -0.25) is 0 Å². The van der Waals surface area contributed by atoms with Crippen molar-refractivity contribution in [3.8, 4) is 0 Å². The first-order chi connectivity index (χ1) is 9.76. The van der Waals surface area contributed by atoms with Crippen molar-refractivity contribution in [1.29, 1.82) is 0 Å². The second-order valence-electron chi connectivity index (χ2n) is 6.05. The fraction of sp³-hybridized carbons (Fsp3) is 0.467. The van der Waals surface area contributed by atoms with Crippen molar-refractivity contribution in [2.24, 2.45) is 7.05 Å². The van der Waals surface area contributed by atoms with Gasteiger partial charge in [0.2, 0.25) is 0 Å². The van der Waals surface area contributed by atoms with Crippen LogP contribution in [0.1, 0.15) is 32.2 Å². The molecule has 0 bridgehead atoms. The number of benzene rings is 1. The lowest BCUT2D eigenvalue weighted by atomic mass is 10.1. The average Bonchev–Trinajstić information content (AvgIpc) is 2.70. The fourth-order valence-corrected chi connectivity index (χ4v) is 2.86. The van der Waals surface area contributed by atoms with Gasteiger partial charge >= 0.3 is 0 Å². The number of halogens is 1. The lowest BCUT2D eigenvalue weighted by Gasteiger charge is -2.21.